The highest BCUT2D eigenvalue weighted by Crippen LogP contribution is 2.33. The molecule has 1 fully saturated rings. The van der Waals surface area contributed by atoms with E-state index in [1.807, 2.05) is 19.1 Å². The summed E-state index contributed by atoms with van der Waals surface area (Å²) in [5.74, 6) is -0.654. The third-order valence-electron chi connectivity index (χ3n) is 5.85. The number of anilines is 2. The molecule has 1 saturated heterocycles. The molecule has 1 aliphatic rings. The van der Waals surface area contributed by atoms with Gasteiger partial charge in [0.2, 0.25) is 5.91 Å². The van der Waals surface area contributed by atoms with Crippen LogP contribution in [0.1, 0.15) is 34.3 Å². The van der Waals surface area contributed by atoms with Crippen molar-refractivity contribution in [2.75, 3.05) is 30.4 Å². The molecule has 0 saturated carbocycles. The van der Waals surface area contributed by atoms with Gasteiger partial charge in [-0.2, -0.15) is 5.26 Å². The highest BCUT2D eigenvalue weighted by molar-refractivity contribution is 5.97. The van der Waals surface area contributed by atoms with Gasteiger partial charge in [0.25, 0.3) is 0 Å². The SMILES string of the molecule is COC(=O)c1cccc(NC(=O)C2CCN(c3c(C#N)cnc4ccc(C)cc34)CC2)c1. The quantitative estimate of drug-likeness (QED) is 0.630. The predicted molar refractivity (Wildman–Crippen MR) is 123 cm³/mol. The van der Waals surface area contributed by atoms with Gasteiger partial charge in [-0.1, -0.05) is 17.7 Å². The number of aromatic nitrogens is 1. The highest BCUT2D eigenvalue weighted by Gasteiger charge is 2.27. The minimum Gasteiger partial charge on any atom is -0.465 e. The Labute approximate surface area is 186 Å². The summed E-state index contributed by atoms with van der Waals surface area (Å²) in [4.78, 5) is 31.2. The summed E-state index contributed by atoms with van der Waals surface area (Å²) in [5.41, 5.74) is 4.37. The van der Waals surface area contributed by atoms with Crippen molar-refractivity contribution in [3.05, 3.63) is 65.4 Å². The van der Waals surface area contributed by atoms with Crippen molar-refractivity contribution >= 4 is 34.2 Å². The number of amides is 1. The molecule has 0 aliphatic carbocycles. The van der Waals surface area contributed by atoms with Crippen molar-refractivity contribution in [1.29, 1.82) is 5.26 Å². The summed E-state index contributed by atoms with van der Waals surface area (Å²) in [6.45, 7) is 3.36. The van der Waals surface area contributed by atoms with Gasteiger partial charge in [0, 0.05) is 36.3 Å². The van der Waals surface area contributed by atoms with Gasteiger partial charge in [-0.3, -0.25) is 9.78 Å². The molecule has 0 spiro atoms. The van der Waals surface area contributed by atoms with E-state index in [0.717, 1.165) is 22.2 Å². The van der Waals surface area contributed by atoms with Crippen LogP contribution in [-0.2, 0) is 9.53 Å². The number of methoxy groups -OCH3 is 1. The van der Waals surface area contributed by atoms with E-state index in [4.69, 9.17) is 4.74 Å². The van der Waals surface area contributed by atoms with Crippen LogP contribution >= 0.6 is 0 Å². The van der Waals surface area contributed by atoms with Gasteiger partial charge in [-0.15, -0.1) is 0 Å². The van der Waals surface area contributed by atoms with E-state index >= 15 is 0 Å². The number of benzene rings is 2. The van der Waals surface area contributed by atoms with Crippen LogP contribution in [0.5, 0.6) is 0 Å². The molecular weight excluding hydrogens is 404 g/mol. The van der Waals surface area contributed by atoms with Crippen LogP contribution in [0, 0.1) is 24.2 Å². The van der Waals surface area contributed by atoms with Gasteiger partial charge < -0.3 is 15.0 Å². The van der Waals surface area contributed by atoms with Crippen molar-refractivity contribution < 1.29 is 14.3 Å². The zero-order chi connectivity index (χ0) is 22.7. The number of pyridine rings is 1. The first-order valence-corrected chi connectivity index (χ1v) is 10.5. The number of aryl methyl sites for hydroxylation is 1. The van der Waals surface area contributed by atoms with Crippen LogP contribution in [0.4, 0.5) is 11.4 Å². The monoisotopic (exact) mass is 428 g/mol. The number of nitriles is 1. The Balaban J connectivity index is 1.48. The molecule has 1 aliphatic heterocycles. The Morgan fingerprint density at radius 3 is 2.69 bits per heavy atom. The number of ether oxygens (including phenoxy) is 1. The number of nitrogens with one attached hydrogen (secondary N) is 1. The van der Waals surface area contributed by atoms with E-state index in [1.165, 1.54) is 7.11 Å². The van der Waals surface area contributed by atoms with Crippen LogP contribution in [0.15, 0.2) is 48.7 Å². The van der Waals surface area contributed by atoms with Crippen LogP contribution < -0.4 is 10.2 Å². The lowest BCUT2D eigenvalue weighted by molar-refractivity contribution is -0.120. The summed E-state index contributed by atoms with van der Waals surface area (Å²) in [7, 11) is 1.33. The lowest BCUT2D eigenvalue weighted by Gasteiger charge is -2.34. The standard InChI is InChI=1S/C25H24N4O3/c1-16-6-7-22-21(12-16)23(19(14-26)15-27-22)29-10-8-17(9-11-29)24(30)28-20-5-3-4-18(13-20)25(31)32-2/h3-7,12-13,15,17H,8-11H2,1-2H3,(H,28,30). The minimum absolute atomic E-state index is 0.0670. The molecule has 2 aromatic carbocycles. The number of carbonyl (C=O) groups is 2. The molecule has 162 valence electrons. The fourth-order valence-electron chi connectivity index (χ4n) is 4.17. The number of carbonyl (C=O) groups excluding carboxylic acids is 2. The van der Waals surface area contributed by atoms with Crippen molar-refractivity contribution in [2.45, 2.75) is 19.8 Å². The molecule has 0 radical (unpaired) electrons. The Hall–Kier alpha value is -3.92. The largest absolute Gasteiger partial charge is 0.465 e. The fourth-order valence-corrected chi connectivity index (χ4v) is 4.17. The normalized spacial score (nSPS) is 14.1. The molecule has 32 heavy (non-hydrogen) atoms. The van der Waals surface area contributed by atoms with E-state index in [0.29, 0.717) is 42.7 Å². The second kappa shape index (κ2) is 9.06. The van der Waals surface area contributed by atoms with Gasteiger partial charge >= 0.3 is 5.97 Å². The number of rotatable bonds is 4. The average Bonchev–Trinajstić information content (AvgIpc) is 2.83. The molecule has 7 nitrogen and oxygen atoms in total. The Morgan fingerprint density at radius 1 is 1.19 bits per heavy atom. The van der Waals surface area contributed by atoms with Gasteiger partial charge in [0.1, 0.15) is 6.07 Å². The summed E-state index contributed by atoms with van der Waals surface area (Å²) in [5, 5.41) is 13.5. The molecule has 2 heterocycles. The van der Waals surface area contributed by atoms with E-state index in [2.05, 4.69) is 27.3 Å². The summed E-state index contributed by atoms with van der Waals surface area (Å²) in [6.07, 6.45) is 2.96. The smallest absolute Gasteiger partial charge is 0.337 e. The molecule has 0 atom stereocenters. The minimum atomic E-state index is -0.442. The molecule has 0 bridgehead atoms. The number of piperidine rings is 1. The first kappa shape index (κ1) is 21.3. The van der Waals surface area contributed by atoms with Crippen molar-refractivity contribution in [3.8, 4) is 6.07 Å². The van der Waals surface area contributed by atoms with Crippen LogP contribution in [0.2, 0.25) is 0 Å². The number of hydrogen-bond acceptors (Lipinski definition) is 6. The van der Waals surface area contributed by atoms with E-state index in [1.54, 1.807) is 30.5 Å². The first-order valence-electron chi connectivity index (χ1n) is 10.5. The van der Waals surface area contributed by atoms with E-state index in [-0.39, 0.29) is 11.8 Å². The maximum atomic E-state index is 12.8. The van der Waals surface area contributed by atoms with Crippen molar-refractivity contribution in [2.24, 2.45) is 5.92 Å². The van der Waals surface area contributed by atoms with Gasteiger partial charge in [0.05, 0.1) is 29.4 Å². The number of esters is 1. The van der Waals surface area contributed by atoms with Gasteiger partial charge in [-0.05, 0) is 50.1 Å². The van der Waals surface area contributed by atoms with Crippen LogP contribution in [-0.4, -0.2) is 37.1 Å². The Morgan fingerprint density at radius 2 is 1.97 bits per heavy atom. The zero-order valence-electron chi connectivity index (χ0n) is 18.1. The lowest BCUT2D eigenvalue weighted by Crippen LogP contribution is -2.38. The average molecular weight is 428 g/mol. The second-order valence-electron chi connectivity index (χ2n) is 7.98. The maximum absolute atomic E-state index is 12.8. The summed E-state index contributed by atoms with van der Waals surface area (Å²) < 4.78 is 4.74. The third-order valence-corrected chi connectivity index (χ3v) is 5.85. The molecule has 1 amide bonds. The van der Waals surface area contributed by atoms with Crippen LogP contribution in [0.3, 0.4) is 0 Å². The lowest BCUT2D eigenvalue weighted by atomic mass is 9.94. The second-order valence-corrected chi connectivity index (χ2v) is 7.98. The summed E-state index contributed by atoms with van der Waals surface area (Å²) >= 11 is 0. The Bertz CT molecular complexity index is 1220. The predicted octanol–water partition coefficient (Wildman–Crippen LogP) is 4.06. The third kappa shape index (κ3) is 4.26. The number of nitrogens with zero attached hydrogens (tertiary/aromatic N) is 3. The van der Waals surface area contributed by atoms with E-state index < -0.39 is 5.97 Å². The highest BCUT2D eigenvalue weighted by atomic mass is 16.5. The Kier molecular flexibility index (Phi) is 6.04. The number of hydrogen-bond donors (Lipinski definition) is 1. The number of fused-ring (bicyclic) bond motifs is 1. The molecule has 7 heteroatoms. The molecular formula is C25H24N4O3. The summed E-state index contributed by atoms with van der Waals surface area (Å²) in [6, 6.07) is 15.0. The molecule has 0 unspecified atom stereocenters. The zero-order valence-corrected chi connectivity index (χ0v) is 18.1. The van der Waals surface area contributed by atoms with E-state index in [9.17, 15) is 14.9 Å². The topological polar surface area (TPSA) is 95.3 Å². The molecule has 3 aromatic rings. The molecule has 4 rings (SSSR count). The van der Waals surface area contributed by atoms with Crippen molar-refractivity contribution in [3.63, 3.8) is 0 Å². The first-order chi connectivity index (χ1) is 15.5. The maximum Gasteiger partial charge on any atom is 0.337 e. The van der Waals surface area contributed by atoms with Crippen molar-refractivity contribution in [1.82, 2.24) is 4.98 Å². The van der Waals surface area contributed by atoms with Gasteiger partial charge in [0.15, 0.2) is 0 Å². The molecule has 1 N–H and O–H groups in total. The molecule has 1 aromatic heterocycles. The fraction of sp³-hybridized carbons (Fsp3) is 0.280. The van der Waals surface area contributed by atoms with Crippen LogP contribution in [0.25, 0.3) is 10.9 Å². The van der Waals surface area contributed by atoms with Gasteiger partial charge in [-0.25, -0.2) is 4.79 Å².